The molecule has 6 heteroatoms. The molecule has 0 aliphatic rings. The van der Waals surface area contributed by atoms with E-state index in [4.69, 9.17) is 5.73 Å². The summed E-state index contributed by atoms with van der Waals surface area (Å²) in [5.74, 6) is 0. The Morgan fingerprint density at radius 2 is 2.05 bits per heavy atom. The number of rotatable bonds is 5. The van der Waals surface area contributed by atoms with E-state index in [0.29, 0.717) is 13.0 Å². The molecule has 0 aliphatic carbocycles. The summed E-state index contributed by atoms with van der Waals surface area (Å²) >= 11 is 0. The number of aromatic nitrogens is 2. The smallest absolute Gasteiger partial charge is 0.319 e. The summed E-state index contributed by atoms with van der Waals surface area (Å²) in [7, 11) is 1.87. The number of nitrogens with one attached hydrogen (secondary N) is 2. The van der Waals surface area contributed by atoms with Crippen LogP contribution in [0.1, 0.15) is 24.2 Å². The van der Waals surface area contributed by atoms with E-state index < -0.39 is 0 Å². The molecule has 0 saturated carbocycles. The SMILES string of the molecule is CC(N)c1ccc(NC(=O)NCCc2ccn(C)n2)cc1. The lowest BCUT2D eigenvalue weighted by Crippen LogP contribution is -2.30. The van der Waals surface area contributed by atoms with Crippen LogP contribution in [0.3, 0.4) is 0 Å². The van der Waals surface area contributed by atoms with Crippen LogP contribution in [0.25, 0.3) is 0 Å². The van der Waals surface area contributed by atoms with Crippen molar-refractivity contribution in [2.45, 2.75) is 19.4 Å². The molecule has 0 fully saturated rings. The number of amides is 2. The molecule has 2 aromatic rings. The first-order valence-corrected chi connectivity index (χ1v) is 6.93. The number of nitrogens with zero attached hydrogens (tertiary/aromatic N) is 2. The van der Waals surface area contributed by atoms with Crippen molar-refractivity contribution in [2.75, 3.05) is 11.9 Å². The van der Waals surface area contributed by atoms with E-state index in [0.717, 1.165) is 16.9 Å². The van der Waals surface area contributed by atoms with Crippen LogP contribution in [-0.4, -0.2) is 22.4 Å². The molecule has 0 radical (unpaired) electrons. The number of benzene rings is 1. The van der Waals surface area contributed by atoms with Gasteiger partial charge in [-0.1, -0.05) is 12.1 Å². The van der Waals surface area contributed by atoms with Crippen LogP contribution < -0.4 is 16.4 Å². The second-order valence-electron chi connectivity index (χ2n) is 5.02. The zero-order chi connectivity index (χ0) is 15.2. The minimum absolute atomic E-state index is 0.00810. The van der Waals surface area contributed by atoms with Crippen LogP contribution in [0.15, 0.2) is 36.5 Å². The molecule has 0 bridgehead atoms. The van der Waals surface area contributed by atoms with Gasteiger partial charge in [-0.25, -0.2) is 4.79 Å². The first-order valence-electron chi connectivity index (χ1n) is 6.93. The number of nitrogens with two attached hydrogens (primary N) is 1. The van der Waals surface area contributed by atoms with E-state index in [1.54, 1.807) is 4.68 Å². The quantitative estimate of drug-likeness (QED) is 0.784. The lowest BCUT2D eigenvalue weighted by molar-refractivity contribution is 0.252. The first kappa shape index (κ1) is 15.1. The molecule has 1 heterocycles. The predicted molar refractivity (Wildman–Crippen MR) is 83.0 cm³/mol. The van der Waals surface area contributed by atoms with Gasteiger partial charge in [-0.2, -0.15) is 5.10 Å². The van der Waals surface area contributed by atoms with Gasteiger partial charge in [-0.15, -0.1) is 0 Å². The van der Waals surface area contributed by atoms with Gasteiger partial charge in [0.2, 0.25) is 0 Å². The molecule has 0 aliphatic heterocycles. The summed E-state index contributed by atoms with van der Waals surface area (Å²) in [6, 6.07) is 9.22. The van der Waals surface area contributed by atoms with E-state index in [1.165, 1.54) is 0 Å². The van der Waals surface area contributed by atoms with Crippen molar-refractivity contribution in [1.82, 2.24) is 15.1 Å². The molecule has 2 amide bonds. The maximum atomic E-state index is 11.8. The fourth-order valence-electron chi connectivity index (χ4n) is 1.95. The minimum atomic E-state index is -0.223. The molecule has 1 unspecified atom stereocenters. The van der Waals surface area contributed by atoms with Gasteiger partial charge in [0.25, 0.3) is 0 Å². The molecule has 4 N–H and O–H groups in total. The van der Waals surface area contributed by atoms with Crippen LogP contribution in [0.2, 0.25) is 0 Å². The van der Waals surface area contributed by atoms with Crippen LogP contribution in [0.4, 0.5) is 10.5 Å². The monoisotopic (exact) mass is 287 g/mol. The van der Waals surface area contributed by atoms with Gasteiger partial charge in [-0.3, -0.25) is 4.68 Å². The van der Waals surface area contributed by atoms with Crippen LogP contribution >= 0.6 is 0 Å². The molecular formula is C15H21N5O. The molecule has 1 atom stereocenters. The largest absolute Gasteiger partial charge is 0.337 e. The summed E-state index contributed by atoms with van der Waals surface area (Å²) in [5, 5.41) is 9.84. The topological polar surface area (TPSA) is 85.0 Å². The Bertz CT molecular complexity index is 588. The molecule has 1 aromatic carbocycles. The van der Waals surface area contributed by atoms with E-state index in [9.17, 15) is 4.79 Å². The highest BCUT2D eigenvalue weighted by atomic mass is 16.2. The number of aryl methyl sites for hydroxylation is 1. The molecule has 112 valence electrons. The lowest BCUT2D eigenvalue weighted by atomic mass is 10.1. The fourth-order valence-corrected chi connectivity index (χ4v) is 1.95. The Labute approximate surface area is 124 Å². The first-order chi connectivity index (χ1) is 10.0. The van der Waals surface area contributed by atoms with Gasteiger partial charge in [0.1, 0.15) is 0 Å². The number of carbonyl (C=O) groups excluding carboxylic acids is 1. The van der Waals surface area contributed by atoms with Crippen molar-refractivity contribution in [2.24, 2.45) is 12.8 Å². The summed E-state index contributed by atoms with van der Waals surface area (Å²) < 4.78 is 1.75. The van der Waals surface area contributed by atoms with Crippen LogP contribution in [0, 0.1) is 0 Å². The highest BCUT2D eigenvalue weighted by molar-refractivity contribution is 5.89. The third kappa shape index (κ3) is 4.61. The van der Waals surface area contributed by atoms with Crippen molar-refractivity contribution >= 4 is 11.7 Å². The standard InChI is InChI=1S/C15H21N5O/c1-11(16)12-3-5-13(6-4-12)18-15(21)17-9-7-14-8-10-20(2)19-14/h3-6,8,10-11H,7,9,16H2,1-2H3,(H2,17,18,21). The van der Waals surface area contributed by atoms with Crippen molar-refractivity contribution in [3.63, 3.8) is 0 Å². The average molecular weight is 287 g/mol. The minimum Gasteiger partial charge on any atom is -0.337 e. The highest BCUT2D eigenvalue weighted by Crippen LogP contribution is 2.13. The molecule has 0 saturated heterocycles. The zero-order valence-electron chi connectivity index (χ0n) is 12.3. The molecule has 6 nitrogen and oxygen atoms in total. The maximum absolute atomic E-state index is 11.8. The fraction of sp³-hybridized carbons (Fsp3) is 0.333. The van der Waals surface area contributed by atoms with E-state index in [1.807, 2.05) is 50.5 Å². The molecule has 0 spiro atoms. The van der Waals surface area contributed by atoms with Gasteiger partial charge < -0.3 is 16.4 Å². The average Bonchev–Trinajstić information content (AvgIpc) is 2.85. The number of anilines is 1. The Kier molecular flexibility index (Phi) is 4.94. The number of hydrogen-bond donors (Lipinski definition) is 3. The molecule has 21 heavy (non-hydrogen) atoms. The predicted octanol–water partition coefficient (Wildman–Crippen LogP) is 1.80. The van der Waals surface area contributed by atoms with Crippen LogP contribution in [-0.2, 0) is 13.5 Å². The van der Waals surface area contributed by atoms with Crippen molar-refractivity contribution < 1.29 is 4.79 Å². The van der Waals surface area contributed by atoms with Crippen molar-refractivity contribution in [3.05, 3.63) is 47.8 Å². The van der Waals surface area contributed by atoms with Gasteiger partial charge in [0, 0.05) is 37.9 Å². The highest BCUT2D eigenvalue weighted by Gasteiger charge is 2.03. The van der Waals surface area contributed by atoms with Gasteiger partial charge in [0.05, 0.1) is 5.69 Å². The van der Waals surface area contributed by atoms with Crippen molar-refractivity contribution in [1.29, 1.82) is 0 Å². The maximum Gasteiger partial charge on any atom is 0.319 e. The van der Waals surface area contributed by atoms with Gasteiger partial charge in [-0.05, 0) is 30.7 Å². The van der Waals surface area contributed by atoms with Gasteiger partial charge >= 0.3 is 6.03 Å². The molecule has 1 aromatic heterocycles. The number of urea groups is 1. The van der Waals surface area contributed by atoms with E-state index in [-0.39, 0.29) is 12.1 Å². The third-order valence-corrected chi connectivity index (χ3v) is 3.13. The van der Waals surface area contributed by atoms with Crippen molar-refractivity contribution in [3.8, 4) is 0 Å². The molecular weight excluding hydrogens is 266 g/mol. The second kappa shape index (κ2) is 6.90. The van der Waals surface area contributed by atoms with E-state index >= 15 is 0 Å². The second-order valence-corrected chi connectivity index (χ2v) is 5.02. The Morgan fingerprint density at radius 1 is 1.33 bits per heavy atom. The molecule has 2 rings (SSSR count). The van der Waals surface area contributed by atoms with Gasteiger partial charge in [0.15, 0.2) is 0 Å². The summed E-state index contributed by atoms with van der Waals surface area (Å²) in [6.07, 6.45) is 2.59. The lowest BCUT2D eigenvalue weighted by Gasteiger charge is -2.09. The Balaban J connectivity index is 1.76. The summed E-state index contributed by atoms with van der Waals surface area (Å²) in [4.78, 5) is 11.8. The summed E-state index contributed by atoms with van der Waals surface area (Å²) in [6.45, 7) is 2.47. The zero-order valence-corrected chi connectivity index (χ0v) is 12.3. The number of carbonyl (C=O) groups is 1. The number of hydrogen-bond acceptors (Lipinski definition) is 3. The normalized spacial score (nSPS) is 12.0. The Morgan fingerprint density at radius 3 is 2.62 bits per heavy atom. The van der Waals surface area contributed by atoms with Crippen LogP contribution in [0.5, 0.6) is 0 Å². The summed E-state index contributed by atoms with van der Waals surface area (Å²) in [5.41, 5.74) is 8.52. The third-order valence-electron chi connectivity index (χ3n) is 3.13. The van der Waals surface area contributed by atoms with E-state index in [2.05, 4.69) is 15.7 Å². The Hall–Kier alpha value is -2.34.